The van der Waals surface area contributed by atoms with E-state index in [1.54, 1.807) is 11.8 Å². The van der Waals surface area contributed by atoms with E-state index in [9.17, 15) is 9.59 Å². The summed E-state index contributed by atoms with van der Waals surface area (Å²) in [5.74, 6) is 0. The summed E-state index contributed by atoms with van der Waals surface area (Å²) in [5.41, 5.74) is 2.37. The molecule has 3 rings (SSSR count). The van der Waals surface area contributed by atoms with Gasteiger partial charge < -0.3 is 20.3 Å². The summed E-state index contributed by atoms with van der Waals surface area (Å²) < 4.78 is 6.52. The summed E-state index contributed by atoms with van der Waals surface area (Å²) in [7, 11) is 0. The van der Waals surface area contributed by atoms with Crippen LogP contribution in [0.5, 0.6) is 0 Å². The number of hydrogen-bond donors (Lipinski definition) is 2. The van der Waals surface area contributed by atoms with Crippen molar-refractivity contribution < 1.29 is 14.3 Å². The van der Waals surface area contributed by atoms with E-state index in [-0.39, 0.29) is 18.2 Å². The molecule has 1 fully saturated rings. The lowest BCUT2D eigenvalue weighted by Crippen LogP contribution is -2.47. The highest BCUT2D eigenvalue weighted by molar-refractivity contribution is 5.90. The van der Waals surface area contributed by atoms with Crippen LogP contribution in [-0.2, 0) is 4.74 Å². The number of carbonyl (C=O) groups excluding carboxylic acids is 2. The lowest BCUT2D eigenvalue weighted by atomic mass is 10.1. The fraction of sp³-hybridized carbons (Fsp3) is 0.471. The minimum Gasteiger partial charge on any atom is -0.450 e. The van der Waals surface area contributed by atoms with E-state index < -0.39 is 0 Å². The average Bonchev–Trinajstić information content (AvgIpc) is 3.19. The number of rotatable bonds is 4. The molecule has 0 bridgehead atoms. The van der Waals surface area contributed by atoms with Crippen LogP contribution in [0.3, 0.4) is 0 Å². The SMILES string of the molecule is CCOC(=O)N1CCC(NC(=O)Nc2cc(-n3cnnn3)ccc2C)CC1. The fourth-order valence-corrected chi connectivity index (χ4v) is 2.93. The molecule has 144 valence electrons. The third kappa shape index (κ3) is 4.72. The molecule has 0 saturated carbocycles. The lowest BCUT2D eigenvalue weighted by Gasteiger charge is -2.31. The number of amides is 3. The summed E-state index contributed by atoms with van der Waals surface area (Å²) in [5, 5.41) is 16.9. The van der Waals surface area contributed by atoms with Gasteiger partial charge in [-0.2, -0.15) is 0 Å². The largest absolute Gasteiger partial charge is 0.450 e. The molecule has 10 heteroatoms. The Morgan fingerprint density at radius 1 is 1.30 bits per heavy atom. The molecule has 1 aliphatic heterocycles. The number of urea groups is 1. The molecule has 0 unspecified atom stereocenters. The third-order valence-corrected chi connectivity index (χ3v) is 4.44. The summed E-state index contributed by atoms with van der Waals surface area (Å²) in [6, 6.07) is 5.32. The van der Waals surface area contributed by atoms with Crippen molar-refractivity contribution in [3.05, 3.63) is 30.1 Å². The zero-order valence-electron chi connectivity index (χ0n) is 15.4. The normalized spacial score (nSPS) is 14.7. The van der Waals surface area contributed by atoms with Crippen LogP contribution >= 0.6 is 0 Å². The quantitative estimate of drug-likeness (QED) is 0.843. The van der Waals surface area contributed by atoms with E-state index in [1.165, 1.54) is 11.0 Å². The van der Waals surface area contributed by atoms with Crippen LogP contribution in [-0.4, -0.2) is 63.0 Å². The summed E-state index contributed by atoms with van der Waals surface area (Å²) >= 11 is 0. The van der Waals surface area contributed by atoms with Crippen LogP contribution in [0.15, 0.2) is 24.5 Å². The second kappa shape index (κ2) is 8.47. The molecular weight excluding hydrogens is 350 g/mol. The van der Waals surface area contributed by atoms with Crippen molar-refractivity contribution in [1.29, 1.82) is 0 Å². The molecular formula is C17H23N7O3. The highest BCUT2D eigenvalue weighted by Crippen LogP contribution is 2.19. The molecule has 1 aromatic carbocycles. The molecule has 0 atom stereocenters. The zero-order chi connectivity index (χ0) is 19.2. The van der Waals surface area contributed by atoms with Crippen molar-refractivity contribution in [2.75, 3.05) is 25.0 Å². The number of anilines is 1. The third-order valence-electron chi connectivity index (χ3n) is 4.44. The standard InChI is InChI=1S/C17H23N7O3/c1-3-27-17(26)23-8-6-13(7-9-23)19-16(25)20-15-10-14(5-4-12(15)2)24-11-18-21-22-24/h4-5,10-11,13H,3,6-9H2,1-2H3,(H2,19,20,25). The number of hydrogen-bond acceptors (Lipinski definition) is 6. The molecule has 3 amide bonds. The summed E-state index contributed by atoms with van der Waals surface area (Å²) in [6.07, 6.45) is 2.58. The maximum Gasteiger partial charge on any atom is 0.409 e. The van der Waals surface area contributed by atoms with E-state index >= 15 is 0 Å². The van der Waals surface area contributed by atoms with Crippen molar-refractivity contribution in [3.63, 3.8) is 0 Å². The summed E-state index contributed by atoms with van der Waals surface area (Å²) in [4.78, 5) is 25.8. The van der Waals surface area contributed by atoms with Crippen molar-refractivity contribution >= 4 is 17.8 Å². The van der Waals surface area contributed by atoms with Crippen LogP contribution in [0.25, 0.3) is 5.69 Å². The molecule has 0 aliphatic carbocycles. The van der Waals surface area contributed by atoms with Crippen molar-refractivity contribution in [3.8, 4) is 5.69 Å². The van der Waals surface area contributed by atoms with Gasteiger partial charge in [-0.05, 0) is 54.8 Å². The maximum atomic E-state index is 12.4. The number of nitrogens with zero attached hydrogens (tertiary/aromatic N) is 5. The Labute approximate surface area is 156 Å². The molecule has 2 heterocycles. The molecule has 0 radical (unpaired) electrons. The van der Waals surface area contributed by atoms with E-state index in [4.69, 9.17) is 4.74 Å². The number of likely N-dealkylation sites (tertiary alicyclic amines) is 1. The van der Waals surface area contributed by atoms with Crippen LogP contribution in [0.4, 0.5) is 15.3 Å². The maximum absolute atomic E-state index is 12.4. The molecule has 1 saturated heterocycles. The van der Waals surface area contributed by atoms with Crippen LogP contribution in [0, 0.1) is 6.92 Å². The smallest absolute Gasteiger partial charge is 0.409 e. The lowest BCUT2D eigenvalue weighted by molar-refractivity contribution is 0.0959. The Morgan fingerprint density at radius 2 is 2.07 bits per heavy atom. The first-order valence-corrected chi connectivity index (χ1v) is 8.90. The van der Waals surface area contributed by atoms with Crippen molar-refractivity contribution in [2.24, 2.45) is 0 Å². The summed E-state index contributed by atoms with van der Waals surface area (Å²) in [6.45, 7) is 5.20. The van der Waals surface area contributed by atoms with Crippen molar-refractivity contribution in [1.82, 2.24) is 30.4 Å². The Kier molecular flexibility index (Phi) is 5.84. The van der Waals surface area contributed by atoms with Gasteiger partial charge in [0, 0.05) is 24.8 Å². The highest BCUT2D eigenvalue weighted by Gasteiger charge is 2.24. The van der Waals surface area contributed by atoms with E-state index in [2.05, 4.69) is 26.2 Å². The van der Waals surface area contributed by atoms with Gasteiger partial charge in [-0.25, -0.2) is 14.3 Å². The monoisotopic (exact) mass is 373 g/mol. The Balaban J connectivity index is 1.54. The topological polar surface area (TPSA) is 114 Å². The molecule has 2 N–H and O–H groups in total. The number of benzene rings is 1. The van der Waals surface area contributed by atoms with Crippen LogP contribution in [0.1, 0.15) is 25.3 Å². The molecule has 10 nitrogen and oxygen atoms in total. The van der Waals surface area contributed by atoms with Gasteiger partial charge in [-0.1, -0.05) is 6.07 Å². The first kappa shape index (κ1) is 18.6. The minimum absolute atomic E-state index is 0.0127. The molecule has 1 aliphatic rings. The number of piperidine rings is 1. The predicted octanol–water partition coefficient (Wildman–Crippen LogP) is 1.71. The van der Waals surface area contributed by atoms with Crippen molar-refractivity contribution in [2.45, 2.75) is 32.7 Å². The van der Waals surface area contributed by atoms with Crippen LogP contribution in [0.2, 0.25) is 0 Å². The van der Waals surface area contributed by atoms with E-state index in [0.29, 0.717) is 38.2 Å². The Bertz CT molecular complexity index is 786. The van der Waals surface area contributed by atoms with Gasteiger partial charge in [0.05, 0.1) is 12.3 Å². The number of aryl methyl sites for hydroxylation is 1. The number of nitrogens with one attached hydrogen (secondary N) is 2. The van der Waals surface area contributed by atoms with Gasteiger partial charge in [-0.15, -0.1) is 5.10 Å². The van der Waals surface area contributed by atoms with Gasteiger partial charge in [0.2, 0.25) is 0 Å². The molecule has 27 heavy (non-hydrogen) atoms. The second-order valence-electron chi connectivity index (χ2n) is 6.31. The van der Waals surface area contributed by atoms with Gasteiger partial charge in [0.1, 0.15) is 6.33 Å². The number of tetrazole rings is 1. The Hall–Kier alpha value is -3.17. The minimum atomic E-state index is -0.296. The average molecular weight is 373 g/mol. The predicted molar refractivity (Wildman–Crippen MR) is 97.7 cm³/mol. The van der Waals surface area contributed by atoms with Gasteiger partial charge >= 0.3 is 12.1 Å². The molecule has 0 spiro atoms. The van der Waals surface area contributed by atoms with Crippen LogP contribution < -0.4 is 10.6 Å². The first-order chi connectivity index (χ1) is 13.1. The first-order valence-electron chi connectivity index (χ1n) is 8.90. The molecule has 1 aromatic heterocycles. The highest BCUT2D eigenvalue weighted by atomic mass is 16.6. The van der Waals surface area contributed by atoms with E-state index in [1.807, 2.05) is 25.1 Å². The second-order valence-corrected chi connectivity index (χ2v) is 6.31. The Morgan fingerprint density at radius 3 is 2.74 bits per heavy atom. The van der Waals surface area contributed by atoms with Gasteiger partial charge in [-0.3, -0.25) is 0 Å². The zero-order valence-corrected chi connectivity index (χ0v) is 15.4. The fourth-order valence-electron chi connectivity index (χ4n) is 2.93. The van der Waals surface area contributed by atoms with E-state index in [0.717, 1.165) is 11.3 Å². The number of carbonyl (C=O) groups is 2. The van der Waals surface area contributed by atoms with Gasteiger partial charge in [0.25, 0.3) is 0 Å². The molecule has 2 aromatic rings. The number of aromatic nitrogens is 4. The van der Waals surface area contributed by atoms with Gasteiger partial charge in [0.15, 0.2) is 0 Å². The number of ether oxygens (including phenoxy) is 1.